The molecule has 2 amide bonds. The van der Waals surface area contributed by atoms with E-state index in [4.69, 9.17) is 0 Å². The van der Waals surface area contributed by atoms with Gasteiger partial charge < -0.3 is 10.2 Å². The molecule has 17 heavy (non-hydrogen) atoms. The van der Waals surface area contributed by atoms with Crippen LogP contribution in [0.1, 0.15) is 44.9 Å². The molecule has 2 aliphatic rings. The van der Waals surface area contributed by atoms with E-state index in [9.17, 15) is 4.79 Å². The van der Waals surface area contributed by atoms with Crippen LogP contribution in [0.15, 0.2) is 12.2 Å². The Morgan fingerprint density at radius 2 is 1.94 bits per heavy atom. The molecule has 1 aliphatic carbocycles. The van der Waals surface area contributed by atoms with Crippen LogP contribution in [0.2, 0.25) is 0 Å². The van der Waals surface area contributed by atoms with Gasteiger partial charge >= 0.3 is 6.03 Å². The fraction of sp³-hybridized carbons (Fsp3) is 0.786. The SMILES string of the molecule is O=C(NCC1CC=CCC1)N1CCCCCC1. The van der Waals surface area contributed by atoms with Crippen LogP contribution in [-0.4, -0.2) is 30.6 Å². The lowest BCUT2D eigenvalue weighted by molar-refractivity contribution is 0.197. The Morgan fingerprint density at radius 1 is 1.18 bits per heavy atom. The van der Waals surface area contributed by atoms with Crippen LogP contribution >= 0.6 is 0 Å². The highest BCUT2D eigenvalue weighted by atomic mass is 16.2. The van der Waals surface area contributed by atoms with Crippen LogP contribution in [0.25, 0.3) is 0 Å². The monoisotopic (exact) mass is 236 g/mol. The predicted octanol–water partition coefficient (Wildman–Crippen LogP) is 2.93. The van der Waals surface area contributed by atoms with Crippen molar-refractivity contribution in [1.29, 1.82) is 0 Å². The van der Waals surface area contributed by atoms with E-state index in [-0.39, 0.29) is 6.03 Å². The first kappa shape index (κ1) is 12.5. The minimum absolute atomic E-state index is 0.154. The molecule has 3 heteroatoms. The van der Waals surface area contributed by atoms with Gasteiger partial charge in [-0.05, 0) is 38.0 Å². The van der Waals surface area contributed by atoms with E-state index in [2.05, 4.69) is 17.5 Å². The molecule has 0 bridgehead atoms. The lowest BCUT2D eigenvalue weighted by Crippen LogP contribution is -2.42. The maximum atomic E-state index is 12.0. The highest BCUT2D eigenvalue weighted by molar-refractivity contribution is 5.74. The quantitative estimate of drug-likeness (QED) is 0.735. The summed E-state index contributed by atoms with van der Waals surface area (Å²) in [5, 5.41) is 3.10. The summed E-state index contributed by atoms with van der Waals surface area (Å²) in [6.45, 7) is 2.73. The Kier molecular flexibility index (Phi) is 4.89. The Balaban J connectivity index is 1.70. The topological polar surface area (TPSA) is 32.3 Å². The maximum Gasteiger partial charge on any atom is 0.317 e. The maximum absolute atomic E-state index is 12.0. The van der Waals surface area contributed by atoms with Gasteiger partial charge in [-0.25, -0.2) is 4.79 Å². The van der Waals surface area contributed by atoms with E-state index in [0.29, 0.717) is 5.92 Å². The molecule has 1 atom stereocenters. The minimum atomic E-state index is 0.154. The number of nitrogens with zero attached hydrogens (tertiary/aromatic N) is 1. The molecule has 3 nitrogen and oxygen atoms in total. The first-order chi connectivity index (χ1) is 8.36. The molecule has 1 saturated heterocycles. The number of rotatable bonds is 2. The van der Waals surface area contributed by atoms with E-state index in [1.165, 1.54) is 38.5 Å². The first-order valence-electron chi connectivity index (χ1n) is 7.04. The molecule has 0 saturated carbocycles. The third kappa shape index (κ3) is 4.06. The third-order valence-electron chi connectivity index (χ3n) is 3.81. The first-order valence-corrected chi connectivity index (χ1v) is 7.04. The van der Waals surface area contributed by atoms with Crippen molar-refractivity contribution in [2.75, 3.05) is 19.6 Å². The van der Waals surface area contributed by atoms with Crippen LogP contribution in [0, 0.1) is 5.92 Å². The third-order valence-corrected chi connectivity index (χ3v) is 3.81. The van der Waals surface area contributed by atoms with Crippen LogP contribution in [0.4, 0.5) is 4.79 Å². The fourth-order valence-corrected chi connectivity index (χ4v) is 2.66. The number of allylic oxidation sites excluding steroid dienone is 2. The molecular formula is C14H24N2O. The van der Waals surface area contributed by atoms with Gasteiger partial charge in [0.05, 0.1) is 0 Å². The largest absolute Gasteiger partial charge is 0.338 e. The van der Waals surface area contributed by atoms with Crippen LogP contribution in [0.5, 0.6) is 0 Å². The number of hydrogen-bond acceptors (Lipinski definition) is 1. The highest BCUT2D eigenvalue weighted by Gasteiger charge is 2.17. The Labute approximate surface area is 104 Å². The van der Waals surface area contributed by atoms with Gasteiger partial charge in [-0.2, -0.15) is 0 Å². The fourth-order valence-electron chi connectivity index (χ4n) is 2.66. The van der Waals surface area contributed by atoms with Crippen molar-refractivity contribution in [3.05, 3.63) is 12.2 Å². The summed E-state index contributed by atoms with van der Waals surface area (Å²) < 4.78 is 0. The predicted molar refractivity (Wildman–Crippen MR) is 69.9 cm³/mol. The van der Waals surface area contributed by atoms with E-state index in [1.54, 1.807) is 0 Å². The van der Waals surface area contributed by atoms with Crippen LogP contribution in [0.3, 0.4) is 0 Å². The molecule has 0 aromatic rings. The molecule has 0 spiro atoms. The summed E-state index contributed by atoms with van der Waals surface area (Å²) in [7, 11) is 0. The molecule has 0 aromatic heterocycles. The second kappa shape index (κ2) is 6.67. The average molecular weight is 236 g/mol. The van der Waals surface area contributed by atoms with E-state index in [0.717, 1.165) is 26.1 Å². The molecule has 2 rings (SSSR count). The van der Waals surface area contributed by atoms with Crippen molar-refractivity contribution in [2.24, 2.45) is 5.92 Å². The number of amides is 2. The van der Waals surface area contributed by atoms with Gasteiger partial charge in [-0.1, -0.05) is 25.0 Å². The number of nitrogens with one attached hydrogen (secondary N) is 1. The van der Waals surface area contributed by atoms with Crippen LogP contribution < -0.4 is 5.32 Å². The van der Waals surface area contributed by atoms with E-state index < -0.39 is 0 Å². The smallest absolute Gasteiger partial charge is 0.317 e. The number of likely N-dealkylation sites (tertiary alicyclic amines) is 1. The summed E-state index contributed by atoms with van der Waals surface area (Å²) in [4.78, 5) is 14.0. The molecule has 0 radical (unpaired) electrons. The second-order valence-electron chi connectivity index (χ2n) is 5.24. The highest BCUT2D eigenvalue weighted by Crippen LogP contribution is 2.17. The summed E-state index contributed by atoms with van der Waals surface area (Å²) in [6, 6.07) is 0.154. The molecule has 1 heterocycles. The zero-order chi connectivity index (χ0) is 11.9. The Morgan fingerprint density at radius 3 is 2.59 bits per heavy atom. The minimum Gasteiger partial charge on any atom is -0.338 e. The molecule has 1 fully saturated rings. The van der Waals surface area contributed by atoms with Gasteiger partial charge in [0.1, 0.15) is 0 Å². The van der Waals surface area contributed by atoms with Gasteiger partial charge in [-0.15, -0.1) is 0 Å². The van der Waals surface area contributed by atoms with Gasteiger partial charge in [0.2, 0.25) is 0 Å². The average Bonchev–Trinajstić information content (AvgIpc) is 2.66. The van der Waals surface area contributed by atoms with Crippen molar-refractivity contribution in [3.8, 4) is 0 Å². The van der Waals surface area contributed by atoms with Crippen molar-refractivity contribution < 1.29 is 4.79 Å². The number of urea groups is 1. The van der Waals surface area contributed by atoms with Crippen molar-refractivity contribution >= 4 is 6.03 Å². The summed E-state index contributed by atoms with van der Waals surface area (Å²) >= 11 is 0. The van der Waals surface area contributed by atoms with Gasteiger partial charge in [0, 0.05) is 19.6 Å². The van der Waals surface area contributed by atoms with Gasteiger partial charge in [0.15, 0.2) is 0 Å². The number of hydrogen-bond donors (Lipinski definition) is 1. The molecule has 0 aromatic carbocycles. The zero-order valence-corrected chi connectivity index (χ0v) is 10.7. The molecule has 96 valence electrons. The zero-order valence-electron chi connectivity index (χ0n) is 10.7. The Hall–Kier alpha value is -0.990. The second-order valence-corrected chi connectivity index (χ2v) is 5.24. The van der Waals surface area contributed by atoms with Crippen molar-refractivity contribution in [2.45, 2.75) is 44.9 Å². The molecular weight excluding hydrogens is 212 g/mol. The van der Waals surface area contributed by atoms with E-state index >= 15 is 0 Å². The van der Waals surface area contributed by atoms with Crippen LogP contribution in [-0.2, 0) is 0 Å². The molecule has 1 unspecified atom stereocenters. The van der Waals surface area contributed by atoms with Gasteiger partial charge in [-0.3, -0.25) is 0 Å². The summed E-state index contributed by atoms with van der Waals surface area (Å²) in [6.07, 6.45) is 12.9. The molecule has 1 N–H and O–H groups in total. The van der Waals surface area contributed by atoms with Crippen molar-refractivity contribution in [3.63, 3.8) is 0 Å². The van der Waals surface area contributed by atoms with Gasteiger partial charge in [0.25, 0.3) is 0 Å². The number of carbonyl (C=O) groups excluding carboxylic acids is 1. The van der Waals surface area contributed by atoms with Crippen molar-refractivity contribution in [1.82, 2.24) is 10.2 Å². The number of carbonyl (C=O) groups is 1. The standard InChI is InChI=1S/C14H24N2O/c17-14(16-10-6-1-2-7-11-16)15-12-13-8-4-3-5-9-13/h3-4,13H,1-2,5-12H2,(H,15,17). The summed E-state index contributed by atoms with van der Waals surface area (Å²) in [5.41, 5.74) is 0. The lowest BCUT2D eigenvalue weighted by Gasteiger charge is -2.23. The molecule has 1 aliphatic heterocycles. The lowest BCUT2D eigenvalue weighted by atomic mass is 9.94. The Bertz CT molecular complexity index is 267. The summed E-state index contributed by atoms with van der Waals surface area (Å²) in [5.74, 6) is 0.649. The van der Waals surface area contributed by atoms with E-state index in [1.807, 2.05) is 4.90 Å². The normalized spacial score (nSPS) is 25.4.